The van der Waals surface area contributed by atoms with Crippen LogP contribution in [0.15, 0.2) is 30.3 Å². The molecule has 0 spiro atoms. The van der Waals surface area contributed by atoms with Crippen molar-refractivity contribution in [3.63, 3.8) is 0 Å². The summed E-state index contributed by atoms with van der Waals surface area (Å²) < 4.78 is 1.84. The van der Waals surface area contributed by atoms with Crippen molar-refractivity contribution < 1.29 is 4.79 Å². The van der Waals surface area contributed by atoms with Crippen LogP contribution in [0.2, 0.25) is 5.02 Å². The van der Waals surface area contributed by atoms with Gasteiger partial charge in [0.2, 0.25) is 5.91 Å². The molecule has 1 aliphatic rings. The SMILES string of the molecule is Cc1nn(C)c(C)c1C=CC(=O)N1CCN(c2ccccc2Cl)CC1. The fourth-order valence-electron chi connectivity index (χ4n) is 3.17. The van der Waals surface area contributed by atoms with Crippen molar-refractivity contribution in [2.75, 3.05) is 31.1 Å². The van der Waals surface area contributed by atoms with Crippen molar-refractivity contribution in [3.8, 4) is 0 Å². The number of benzene rings is 1. The van der Waals surface area contributed by atoms with Gasteiger partial charge in [0.05, 0.1) is 16.4 Å². The molecule has 1 amide bonds. The summed E-state index contributed by atoms with van der Waals surface area (Å²) in [4.78, 5) is 16.6. The van der Waals surface area contributed by atoms with Crippen LogP contribution in [0.5, 0.6) is 0 Å². The first-order valence-corrected chi connectivity index (χ1v) is 8.82. The fraction of sp³-hybridized carbons (Fsp3) is 0.368. The molecule has 0 N–H and O–H groups in total. The van der Waals surface area contributed by atoms with Gasteiger partial charge in [0, 0.05) is 50.6 Å². The lowest BCUT2D eigenvalue weighted by atomic mass is 10.1. The van der Waals surface area contributed by atoms with Gasteiger partial charge in [0.25, 0.3) is 0 Å². The number of aromatic nitrogens is 2. The molecule has 0 bridgehead atoms. The van der Waals surface area contributed by atoms with E-state index in [1.807, 2.05) is 60.8 Å². The fourth-order valence-corrected chi connectivity index (χ4v) is 3.42. The second-order valence-electron chi connectivity index (χ2n) is 6.31. The van der Waals surface area contributed by atoms with E-state index in [9.17, 15) is 4.79 Å². The van der Waals surface area contributed by atoms with Gasteiger partial charge in [-0.2, -0.15) is 5.10 Å². The predicted molar refractivity (Wildman–Crippen MR) is 102 cm³/mol. The number of aryl methyl sites for hydroxylation is 2. The van der Waals surface area contributed by atoms with Crippen LogP contribution in [0.1, 0.15) is 17.0 Å². The Labute approximate surface area is 153 Å². The number of rotatable bonds is 3. The molecule has 6 heteroatoms. The molecule has 3 rings (SSSR count). The van der Waals surface area contributed by atoms with Crippen molar-refractivity contribution in [3.05, 3.63) is 52.3 Å². The van der Waals surface area contributed by atoms with Crippen molar-refractivity contribution in [2.45, 2.75) is 13.8 Å². The van der Waals surface area contributed by atoms with Gasteiger partial charge in [-0.15, -0.1) is 0 Å². The van der Waals surface area contributed by atoms with Gasteiger partial charge in [-0.3, -0.25) is 9.48 Å². The minimum absolute atomic E-state index is 0.0430. The van der Waals surface area contributed by atoms with Crippen LogP contribution in [-0.4, -0.2) is 46.8 Å². The Hall–Kier alpha value is -2.27. The summed E-state index contributed by atoms with van der Waals surface area (Å²) in [6, 6.07) is 7.84. The number of carbonyl (C=O) groups is 1. The summed E-state index contributed by atoms with van der Waals surface area (Å²) in [6.07, 6.45) is 3.53. The number of para-hydroxylation sites is 1. The minimum Gasteiger partial charge on any atom is -0.367 e. The average molecular weight is 359 g/mol. The standard InChI is InChI=1S/C19H23ClN4O/c1-14-16(15(2)22(3)21-14)8-9-19(25)24-12-10-23(11-13-24)18-7-5-4-6-17(18)20/h4-9H,10-13H2,1-3H3. The molecule has 5 nitrogen and oxygen atoms in total. The number of anilines is 1. The van der Waals surface area contributed by atoms with Crippen molar-refractivity contribution in [1.82, 2.24) is 14.7 Å². The second kappa shape index (κ2) is 7.31. The molecule has 25 heavy (non-hydrogen) atoms. The number of halogens is 1. The zero-order chi connectivity index (χ0) is 18.0. The molecule has 1 aromatic heterocycles. The Balaban J connectivity index is 1.62. The van der Waals surface area contributed by atoms with E-state index in [1.54, 1.807) is 6.08 Å². The molecule has 2 heterocycles. The van der Waals surface area contributed by atoms with Crippen molar-refractivity contribution in [2.24, 2.45) is 7.05 Å². The van der Waals surface area contributed by atoms with Crippen LogP contribution >= 0.6 is 11.6 Å². The molecule has 132 valence electrons. The van der Waals surface area contributed by atoms with Crippen LogP contribution in [0, 0.1) is 13.8 Å². The maximum Gasteiger partial charge on any atom is 0.246 e. The first-order valence-electron chi connectivity index (χ1n) is 8.44. The molecule has 0 saturated carbocycles. The Morgan fingerprint density at radius 2 is 1.84 bits per heavy atom. The van der Waals surface area contributed by atoms with E-state index in [0.717, 1.165) is 40.8 Å². The van der Waals surface area contributed by atoms with Crippen molar-refractivity contribution >= 4 is 29.3 Å². The van der Waals surface area contributed by atoms with Crippen LogP contribution in [0.3, 0.4) is 0 Å². The monoisotopic (exact) mass is 358 g/mol. The van der Waals surface area contributed by atoms with Gasteiger partial charge in [-0.25, -0.2) is 0 Å². The Bertz CT molecular complexity index is 804. The zero-order valence-electron chi connectivity index (χ0n) is 14.9. The van der Waals surface area contributed by atoms with Crippen LogP contribution in [0.4, 0.5) is 5.69 Å². The van der Waals surface area contributed by atoms with Gasteiger partial charge in [-0.05, 0) is 32.1 Å². The summed E-state index contributed by atoms with van der Waals surface area (Å²) in [5.74, 6) is 0.0430. The molecular formula is C19H23ClN4O. The molecule has 2 aromatic rings. The average Bonchev–Trinajstić information content (AvgIpc) is 2.85. The van der Waals surface area contributed by atoms with E-state index in [2.05, 4.69) is 10.00 Å². The van der Waals surface area contributed by atoms with E-state index >= 15 is 0 Å². The lowest BCUT2D eigenvalue weighted by Crippen LogP contribution is -2.48. The summed E-state index contributed by atoms with van der Waals surface area (Å²) >= 11 is 6.26. The van der Waals surface area contributed by atoms with E-state index in [1.165, 1.54) is 0 Å². The summed E-state index contributed by atoms with van der Waals surface area (Å²) in [5, 5.41) is 5.13. The van der Waals surface area contributed by atoms with E-state index < -0.39 is 0 Å². The Morgan fingerprint density at radius 3 is 2.44 bits per heavy atom. The molecule has 0 radical (unpaired) electrons. The number of carbonyl (C=O) groups excluding carboxylic acids is 1. The lowest BCUT2D eigenvalue weighted by Gasteiger charge is -2.36. The second-order valence-corrected chi connectivity index (χ2v) is 6.71. The molecule has 0 unspecified atom stereocenters. The lowest BCUT2D eigenvalue weighted by molar-refractivity contribution is -0.126. The highest BCUT2D eigenvalue weighted by molar-refractivity contribution is 6.33. The van der Waals surface area contributed by atoms with Crippen molar-refractivity contribution in [1.29, 1.82) is 0 Å². The molecule has 0 atom stereocenters. The zero-order valence-corrected chi connectivity index (χ0v) is 15.6. The largest absolute Gasteiger partial charge is 0.367 e. The third-order valence-electron chi connectivity index (χ3n) is 4.74. The van der Waals surface area contributed by atoms with Gasteiger partial charge >= 0.3 is 0 Å². The Kier molecular flexibility index (Phi) is 5.13. The maximum absolute atomic E-state index is 12.5. The van der Waals surface area contributed by atoms with Gasteiger partial charge in [0.15, 0.2) is 0 Å². The Morgan fingerprint density at radius 1 is 1.16 bits per heavy atom. The first-order chi connectivity index (χ1) is 12.0. The molecular weight excluding hydrogens is 336 g/mol. The molecule has 1 fully saturated rings. The van der Waals surface area contributed by atoms with Gasteiger partial charge in [0.1, 0.15) is 0 Å². The maximum atomic E-state index is 12.5. The number of nitrogens with zero attached hydrogens (tertiary/aromatic N) is 4. The number of hydrogen-bond acceptors (Lipinski definition) is 3. The normalized spacial score (nSPS) is 15.2. The number of hydrogen-bond donors (Lipinski definition) is 0. The number of piperazine rings is 1. The van der Waals surface area contributed by atoms with E-state index in [-0.39, 0.29) is 5.91 Å². The summed E-state index contributed by atoms with van der Waals surface area (Å²) in [7, 11) is 1.91. The van der Waals surface area contributed by atoms with Crippen LogP contribution in [-0.2, 0) is 11.8 Å². The van der Waals surface area contributed by atoms with E-state index in [0.29, 0.717) is 13.1 Å². The quantitative estimate of drug-likeness (QED) is 0.792. The molecule has 1 aromatic carbocycles. The highest BCUT2D eigenvalue weighted by Crippen LogP contribution is 2.26. The molecule has 1 aliphatic heterocycles. The van der Waals surface area contributed by atoms with Gasteiger partial charge < -0.3 is 9.80 Å². The summed E-state index contributed by atoms with van der Waals surface area (Å²) in [5.41, 5.74) is 4.05. The van der Waals surface area contributed by atoms with E-state index in [4.69, 9.17) is 11.6 Å². The third-order valence-corrected chi connectivity index (χ3v) is 5.06. The first kappa shape index (κ1) is 17.5. The molecule has 1 saturated heterocycles. The van der Waals surface area contributed by atoms with Crippen LogP contribution in [0.25, 0.3) is 6.08 Å². The third kappa shape index (κ3) is 3.71. The predicted octanol–water partition coefficient (Wildman–Crippen LogP) is 3.05. The minimum atomic E-state index is 0.0430. The highest BCUT2D eigenvalue weighted by Gasteiger charge is 2.21. The van der Waals surface area contributed by atoms with Gasteiger partial charge in [-0.1, -0.05) is 23.7 Å². The van der Waals surface area contributed by atoms with Crippen LogP contribution < -0.4 is 4.90 Å². The summed E-state index contributed by atoms with van der Waals surface area (Å²) in [6.45, 7) is 6.92. The highest BCUT2D eigenvalue weighted by atomic mass is 35.5. The number of amides is 1. The molecule has 0 aliphatic carbocycles. The topological polar surface area (TPSA) is 41.4 Å². The smallest absolute Gasteiger partial charge is 0.246 e.